The molecule has 2 fully saturated rings. The van der Waals surface area contributed by atoms with Gasteiger partial charge in [0.2, 0.25) is 5.91 Å². The number of hydrogen-bond acceptors (Lipinski definition) is 5. The molecule has 36 heavy (non-hydrogen) atoms. The molecule has 7 nitrogen and oxygen atoms in total. The number of rotatable bonds is 8. The quantitative estimate of drug-likeness (QED) is 0.471. The number of pyridine rings is 1. The van der Waals surface area contributed by atoms with E-state index in [-0.39, 0.29) is 5.91 Å². The van der Waals surface area contributed by atoms with E-state index in [4.69, 9.17) is 0 Å². The highest BCUT2D eigenvalue weighted by molar-refractivity contribution is 5.95. The van der Waals surface area contributed by atoms with Gasteiger partial charge in [0.25, 0.3) is 0 Å². The Balaban J connectivity index is 1.32. The maximum Gasteiger partial charge on any atom is 0.239 e. The van der Waals surface area contributed by atoms with Gasteiger partial charge in [0.15, 0.2) is 0 Å². The van der Waals surface area contributed by atoms with Crippen molar-refractivity contribution in [3.63, 3.8) is 0 Å². The van der Waals surface area contributed by atoms with Crippen LogP contribution in [0.2, 0.25) is 0 Å². The minimum absolute atomic E-state index is 0.0175. The maximum absolute atomic E-state index is 12.9. The zero-order valence-electron chi connectivity index (χ0n) is 22.0. The van der Waals surface area contributed by atoms with Crippen LogP contribution in [0.5, 0.6) is 0 Å². The number of amides is 1. The van der Waals surface area contributed by atoms with Crippen molar-refractivity contribution in [2.45, 2.75) is 77.4 Å². The van der Waals surface area contributed by atoms with Gasteiger partial charge < -0.3 is 5.32 Å². The van der Waals surface area contributed by atoms with Crippen molar-refractivity contribution in [1.29, 1.82) is 0 Å². The standard InChI is InChI=1S/C29H40N6O/c1-4-8-25-12-9-21(2)35(25)20-29(36)32-28-16-24-15-22(10-11-23(24)17-30-28)26-18-31-33(3)27(26)19-34-13-6-5-7-14-34/h10-11,15-18,21,25H,4-9,12-14,19-20H2,1-3H3,(H,30,32,36). The fraction of sp³-hybridized carbons (Fsp3) is 0.552. The second-order valence-electron chi connectivity index (χ2n) is 10.7. The molecule has 0 radical (unpaired) electrons. The number of piperidine rings is 1. The Morgan fingerprint density at radius 3 is 2.72 bits per heavy atom. The van der Waals surface area contributed by atoms with Crippen LogP contribution < -0.4 is 5.32 Å². The van der Waals surface area contributed by atoms with Crippen LogP contribution in [0.1, 0.15) is 64.5 Å². The van der Waals surface area contributed by atoms with Crippen molar-refractivity contribution in [3.8, 4) is 11.1 Å². The first-order chi connectivity index (χ1) is 17.5. The number of anilines is 1. The Labute approximate surface area is 214 Å². The van der Waals surface area contributed by atoms with Gasteiger partial charge in [0, 0.05) is 42.8 Å². The topological polar surface area (TPSA) is 66.3 Å². The maximum atomic E-state index is 12.9. The first-order valence-corrected chi connectivity index (χ1v) is 13.7. The fourth-order valence-corrected chi connectivity index (χ4v) is 6.00. The summed E-state index contributed by atoms with van der Waals surface area (Å²) in [7, 11) is 2.04. The summed E-state index contributed by atoms with van der Waals surface area (Å²) >= 11 is 0. The van der Waals surface area contributed by atoms with Crippen LogP contribution >= 0.6 is 0 Å². The largest absolute Gasteiger partial charge is 0.310 e. The van der Waals surface area contributed by atoms with E-state index in [1.807, 2.05) is 30.2 Å². The van der Waals surface area contributed by atoms with E-state index in [1.165, 1.54) is 43.4 Å². The highest BCUT2D eigenvalue weighted by Gasteiger charge is 2.31. The van der Waals surface area contributed by atoms with Gasteiger partial charge >= 0.3 is 0 Å². The van der Waals surface area contributed by atoms with Gasteiger partial charge in [-0.2, -0.15) is 5.10 Å². The van der Waals surface area contributed by atoms with Crippen molar-refractivity contribution < 1.29 is 4.79 Å². The van der Waals surface area contributed by atoms with Gasteiger partial charge in [0.1, 0.15) is 5.82 Å². The molecule has 192 valence electrons. The zero-order chi connectivity index (χ0) is 25.1. The molecular weight excluding hydrogens is 448 g/mol. The van der Waals surface area contributed by atoms with E-state index in [9.17, 15) is 4.79 Å². The SMILES string of the molecule is CCCC1CCC(C)N1CC(=O)Nc1cc2cc(-c3cnn(C)c3CN3CCCCC3)ccc2cn1. The van der Waals surface area contributed by atoms with Crippen LogP contribution in [0.25, 0.3) is 21.9 Å². The van der Waals surface area contributed by atoms with Crippen LogP contribution in [0, 0.1) is 0 Å². The average molecular weight is 489 g/mol. The molecule has 2 aromatic heterocycles. The van der Waals surface area contributed by atoms with Gasteiger partial charge in [-0.3, -0.25) is 19.3 Å². The molecule has 2 atom stereocenters. The van der Waals surface area contributed by atoms with E-state index in [0.717, 1.165) is 48.8 Å². The predicted molar refractivity (Wildman–Crippen MR) is 146 cm³/mol. The van der Waals surface area contributed by atoms with Crippen molar-refractivity contribution in [3.05, 3.63) is 42.4 Å². The van der Waals surface area contributed by atoms with Gasteiger partial charge in [-0.1, -0.05) is 31.9 Å². The summed E-state index contributed by atoms with van der Waals surface area (Å²) in [6.45, 7) is 8.13. The summed E-state index contributed by atoms with van der Waals surface area (Å²) in [4.78, 5) is 22.3. The Hall–Kier alpha value is -2.77. The molecule has 2 aliphatic rings. The molecule has 2 saturated heterocycles. The highest BCUT2D eigenvalue weighted by Crippen LogP contribution is 2.30. The summed E-state index contributed by atoms with van der Waals surface area (Å²) < 4.78 is 2.01. The molecule has 3 aromatic rings. The Morgan fingerprint density at radius 1 is 1.08 bits per heavy atom. The Morgan fingerprint density at radius 2 is 1.92 bits per heavy atom. The first-order valence-electron chi connectivity index (χ1n) is 13.7. The van der Waals surface area contributed by atoms with Gasteiger partial charge in [0.05, 0.1) is 18.4 Å². The van der Waals surface area contributed by atoms with Crippen LogP contribution in [-0.4, -0.2) is 62.2 Å². The van der Waals surface area contributed by atoms with Crippen molar-refractivity contribution in [2.24, 2.45) is 7.05 Å². The molecule has 1 aromatic carbocycles. The molecule has 0 spiro atoms. The molecule has 0 bridgehead atoms. The molecule has 0 aliphatic carbocycles. The lowest BCUT2D eigenvalue weighted by Crippen LogP contribution is -2.40. The van der Waals surface area contributed by atoms with Crippen LogP contribution in [0.4, 0.5) is 5.82 Å². The lowest BCUT2D eigenvalue weighted by molar-refractivity contribution is -0.118. The number of likely N-dealkylation sites (tertiary alicyclic amines) is 2. The third-order valence-electron chi connectivity index (χ3n) is 8.08. The summed E-state index contributed by atoms with van der Waals surface area (Å²) in [5, 5.41) is 9.78. The number of nitrogens with zero attached hydrogens (tertiary/aromatic N) is 5. The third kappa shape index (κ3) is 5.47. The second kappa shape index (κ2) is 11.1. The van der Waals surface area contributed by atoms with Crippen molar-refractivity contribution in [1.82, 2.24) is 24.6 Å². The summed E-state index contributed by atoms with van der Waals surface area (Å²) in [5.74, 6) is 0.632. The number of nitrogens with one attached hydrogen (secondary N) is 1. The minimum atomic E-state index is 0.0175. The van der Waals surface area contributed by atoms with E-state index >= 15 is 0 Å². The van der Waals surface area contributed by atoms with Crippen LogP contribution in [0.3, 0.4) is 0 Å². The van der Waals surface area contributed by atoms with E-state index < -0.39 is 0 Å². The molecule has 5 rings (SSSR count). The van der Waals surface area contributed by atoms with Crippen LogP contribution in [0.15, 0.2) is 36.7 Å². The number of carbonyl (C=O) groups is 1. The van der Waals surface area contributed by atoms with Gasteiger partial charge in [-0.15, -0.1) is 0 Å². The molecule has 2 aliphatic heterocycles. The molecule has 1 N–H and O–H groups in total. The van der Waals surface area contributed by atoms with E-state index in [2.05, 4.69) is 57.2 Å². The molecule has 0 saturated carbocycles. The second-order valence-corrected chi connectivity index (χ2v) is 10.7. The minimum Gasteiger partial charge on any atom is -0.310 e. The Kier molecular flexibility index (Phi) is 7.67. The summed E-state index contributed by atoms with van der Waals surface area (Å²) in [6, 6.07) is 9.43. The molecule has 4 heterocycles. The highest BCUT2D eigenvalue weighted by atomic mass is 16.2. The molecule has 1 amide bonds. The van der Waals surface area contributed by atoms with Gasteiger partial charge in [-0.25, -0.2) is 4.98 Å². The predicted octanol–water partition coefficient (Wildman–Crippen LogP) is 5.21. The number of aromatic nitrogens is 3. The van der Waals surface area contributed by atoms with E-state index in [0.29, 0.717) is 24.4 Å². The zero-order valence-corrected chi connectivity index (χ0v) is 22.0. The van der Waals surface area contributed by atoms with Crippen molar-refractivity contribution >= 4 is 22.5 Å². The van der Waals surface area contributed by atoms with Gasteiger partial charge in [-0.05, 0) is 75.2 Å². The molecule has 7 heteroatoms. The molecular formula is C29H40N6O. The lowest BCUT2D eigenvalue weighted by atomic mass is 10.0. The van der Waals surface area contributed by atoms with Crippen LogP contribution in [-0.2, 0) is 18.4 Å². The monoisotopic (exact) mass is 488 g/mol. The summed E-state index contributed by atoms with van der Waals surface area (Å²) in [5.41, 5.74) is 3.58. The third-order valence-corrected chi connectivity index (χ3v) is 8.08. The number of hydrogen-bond donors (Lipinski definition) is 1. The summed E-state index contributed by atoms with van der Waals surface area (Å²) in [6.07, 6.45) is 12.4. The lowest BCUT2D eigenvalue weighted by Gasteiger charge is -2.27. The Bertz CT molecular complexity index is 1200. The average Bonchev–Trinajstić information content (AvgIpc) is 3.41. The normalized spacial score (nSPS) is 21.3. The smallest absolute Gasteiger partial charge is 0.239 e. The number of benzene rings is 1. The number of fused-ring (bicyclic) bond motifs is 1. The van der Waals surface area contributed by atoms with Crippen molar-refractivity contribution in [2.75, 3.05) is 25.0 Å². The molecule has 2 unspecified atom stereocenters. The number of carbonyl (C=O) groups excluding carboxylic acids is 1. The number of aryl methyl sites for hydroxylation is 1. The first kappa shape index (κ1) is 24.9. The van der Waals surface area contributed by atoms with E-state index in [1.54, 1.807) is 0 Å². The fourth-order valence-electron chi connectivity index (χ4n) is 6.00.